The van der Waals surface area contributed by atoms with Gasteiger partial charge in [0, 0.05) is 13.1 Å². The standard InChI is InChI=1S/C15H23NO3/c1-15(2,3)14(17)9-16(4)8-11-5-6-12-13(7-11)19-10-18-12/h5-7,14,17H,8-10H2,1-4H3/t14-/m0/s1. The first kappa shape index (κ1) is 14.2. The van der Waals surface area contributed by atoms with E-state index in [-0.39, 0.29) is 11.5 Å². The number of ether oxygens (including phenoxy) is 2. The predicted molar refractivity (Wildman–Crippen MR) is 74.4 cm³/mol. The van der Waals surface area contributed by atoms with Crippen LogP contribution in [0, 0.1) is 5.41 Å². The smallest absolute Gasteiger partial charge is 0.231 e. The summed E-state index contributed by atoms with van der Waals surface area (Å²) in [4.78, 5) is 2.12. The molecule has 0 aromatic heterocycles. The van der Waals surface area contributed by atoms with Crippen LogP contribution < -0.4 is 9.47 Å². The van der Waals surface area contributed by atoms with Crippen molar-refractivity contribution in [2.24, 2.45) is 5.41 Å². The molecular formula is C15H23NO3. The molecule has 4 heteroatoms. The van der Waals surface area contributed by atoms with Crippen molar-refractivity contribution in [2.45, 2.75) is 33.4 Å². The number of hydrogen-bond acceptors (Lipinski definition) is 4. The van der Waals surface area contributed by atoms with Gasteiger partial charge in [0.15, 0.2) is 11.5 Å². The molecule has 1 aromatic rings. The van der Waals surface area contributed by atoms with Crippen LogP contribution in [0.25, 0.3) is 0 Å². The zero-order chi connectivity index (χ0) is 14.0. The number of aliphatic hydroxyl groups is 1. The Morgan fingerprint density at radius 3 is 2.63 bits per heavy atom. The molecule has 1 aromatic carbocycles. The van der Waals surface area contributed by atoms with Crippen LogP contribution in [0.2, 0.25) is 0 Å². The fourth-order valence-electron chi connectivity index (χ4n) is 1.98. The third-order valence-electron chi connectivity index (χ3n) is 3.37. The third kappa shape index (κ3) is 3.61. The van der Waals surface area contributed by atoms with Crippen LogP contribution in [-0.2, 0) is 6.54 Å². The molecule has 2 rings (SSSR count). The Labute approximate surface area is 114 Å². The summed E-state index contributed by atoms with van der Waals surface area (Å²) < 4.78 is 10.7. The summed E-state index contributed by atoms with van der Waals surface area (Å²) >= 11 is 0. The Morgan fingerprint density at radius 1 is 1.26 bits per heavy atom. The minimum Gasteiger partial charge on any atom is -0.454 e. The average molecular weight is 265 g/mol. The highest BCUT2D eigenvalue weighted by molar-refractivity contribution is 5.44. The summed E-state index contributed by atoms with van der Waals surface area (Å²) in [5.74, 6) is 1.61. The number of fused-ring (bicyclic) bond motifs is 1. The highest BCUT2D eigenvalue weighted by Gasteiger charge is 2.23. The highest BCUT2D eigenvalue weighted by Crippen LogP contribution is 2.32. The van der Waals surface area contributed by atoms with E-state index in [9.17, 15) is 5.11 Å². The molecular weight excluding hydrogens is 242 g/mol. The molecule has 0 saturated carbocycles. The fourth-order valence-corrected chi connectivity index (χ4v) is 1.98. The molecule has 0 bridgehead atoms. The molecule has 0 saturated heterocycles. The molecule has 0 fully saturated rings. The van der Waals surface area contributed by atoms with Gasteiger partial charge in [-0.1, -0.05) is 26.8 Å². The molecule has 19 heavy (non-hydrogen) atoms. The lowest BCUT2D eigenvalue weighted by Gasteiger charge is -2.29. The number of likely N-dealkylation sites (N-methyl/N-ethyl adjacent to an activating group) is 1. The molecule has 106 valence electrons. The number of rotatable bonds is 4. The van der Waals surface area contributed by atoms with Crippen LogP contribution in [0.3, 0.4) is 0 Å². The fraction of sp³-hybridized carbons (Fsp3) is 0.600. The lowest BCUT2D eigenvalue weighted by Crippen LogP contribution is -2.37. The van der Waals surface area contributed by atoms with Gasteiger partial charge in [-0.2, -0.15) is 0 Å². The lowest BCUT2D eigenvalue weighted by atomic mass is 9.89. The molecule has 0 amide bonds. The first-order valence-corrected chi connectivity index (χ1v) is 6.61. The van der Waals surface area contributed by atoms with E-state index in [4.69, 9.17) is 9.47 Å². The molecule has 0 aliphatic carbocycles. The van der Waals surface area contributed by atoms with E-state index in [1.54, 1.807) is 0 Å². The topological polar surface area (TPSA) is 41.9 Å². The largest absolute Gasteiger partial charge is 0.454 e. The SMILES string of the molecule is CN(Cc1ccc2c(c1)OCO2)C[C@H](O)C(C)(C)C. The summed E-state index contributed by atoms with van der Waals surface area (Å²) in [5, 5.41) is 10.1. The molecule has 1 atom stereocenters. The van der Waals surface area contributed by atoms with Crippen molar-refractivity contribution in [3.63, 3.8) is 0 Å². The third-order valence-corrected chi connectivity index (χ3v) is 3.37. The van der Waals surface area contributed by atoms with Crippen LogP contribution >= 0.6 is 0 Å². The Morgan fingerprint density at radius 2 is 1.95 bits per heavy atom. The van der Waals surface area contributed by atoms with Gasteiger partial charge in [-0.05, 0) is 30.2 Å². The van der Waals surface area contributed by atoms with E-state index in [2.05, 4.69) is 4.90 Å². The molecule has 0 spiro atoms. The van der Waals surface area contributed by atoms with Gasteiger partial charge in [0.2, 0.25) is 6.79 Å². The zero-order valence-corrected chi connectivity index (χ0v) is 12.1. The first-order chi connectivity index (χ1) is 8.86. The van der Waals surface area contributed by atoms with Crippen molar-refractivity contribution < 1.29 is 14.6 Å². The van der Waals surface area contributed by atoms with Gasteiger partial charge < -0.3 is 14.6 Å². The minimum atomic E-state index is -0.341. The quantitative estimate of drug-likeness (QED) is 0.906. The van der Waals surface area contributed by atoms with Crippen LogP contribution in [-0.4, -0.2) is 36.5 Å². The maximum atomic E-state index is 10.1. The molecule has 0 radical (unpaired) electrons. The minimum absolute atomic E-state index is 0.0941. The number of benzene rings is 1. The number of nitrogens with zero attached hydrogens (tertiary/aromatic N) is 1. The maximum absolute atomic E-state index is 10.1. The van der Waals surface area contributed by atoms with Crippen LogP contribution in [0.5, 0.6) is 11.5 Å². The molecule has 1 aliphatic rings. The second kappa shape index (κ2) is 5.39. The van der Waals surface area contributed by atoms with Gasteiger partial charge >= 0.3 is 0 Å². The first-order valence-electron chi connectivity index (χ1n) is 6.61. The normalized spacial score (nSPS) is 15.9. The van der Waals surface area contributed by atoms with Gasteiger partial charge in [-0.25, -0.2) is 0 Å². The summed E-state index contributed by atoms with van der Waals surface area (Å²) in [5.41, 5.74) is 1.07. The zero-order valence-electron chi connectivity index (χ0n) is 12.1. The van der Waals surface area contributed by atoms with Gasteiger partial charge in [0.25, 0.3) is 0 Å². The molecule has 1 heterocycles. The highest BCUT2D eigenvalue weighted by atomic mass is 16.7. The lowest BCUT2D eigenvalue weighted by molar-refractivity contribution is 0.0333. The van der Waals surface area contributed by atoms with Crippen molar-refractivity contribution in [3.8, 4) is 11.5 Å². The average Bonchev–Trinajstić information content (AvgIpc) is 2.74. The molecule has 0 unspecified atom stereocenters. The van der Waals surface area contributed by atoms with Crippen molar-refractivity contribution in [3.05, 3.63) is 23.8 Å². The maximum Gasteiger partial charge on any atom is 0.231 e. The van der Waals surface area contributed by atoms with Crippen molar-refractivity contribution >= 4 is 0 Å². The monoisotopic (exact) mass is 265 g/mol. The van der Waals surface area contributed by atoms with E-state index in [0.717, 1.165) is 23.6 Å². The van der Waals surface area contributed by atoms with Gasteiger partial charge in [-0.3, -0.25) is 4.90 Å². The second-order valence-electron chi connectivity index (χ2n) is 6.27. The predicted octanol–water partition coefficient (Wildman–Crippen LogP) is 2.25. The summed E-state index contributed by atoms with van der Waals surface area (Å²) in [6.45, 7) is 7.88. The molecule has 1 aliphatic heterocycles. The number of aliphatic hydroxyl groups excluding tert-OH is 1. The molecule has 1 N–H and O–H groups in total. The van der Waals surface area contributed by atoms with Crippen molar-refractivity contribution in [1.82, 2.24) is 4.90 Å². The Kier molecular flexibility index (Phi) is 4.02. The second-order valence-corrected chi connectivity index (χ2v) is 6.27. The summed E-state index contributed by atoms with van der Waals surface area (Å²) in [7, 11) is 2.01. The molecule has 4 nitrogen and oxygen atoms in total. The van der Waals surface area contributed by atoms with Gasteiger partial charge in [-0.15, -0.1) is 0 Å². The van der Waals surface area contributed by atoms with E-state index in [1.165, 1.54) is 0 Å². The summed E-state index contributed by atoms with van der Waals surface area (Å²) in [6, 6.07) is 5.97. The van der Waals surface area contributed by atoms with E-state index >= 15 is 0 Å². The van der Waals surface area contributed by atoms with Crippen molar-refractivity contribution in [2.75, 3.05) is 20.4 Å². The Bertz CT molecular complexity index is 440. The van der Waals surface area contributed by atoms with E-state index in [1.807, 2.05) is 46.0 Å². The van der Waals surface area contributed by atoms with Gasteiger partial charge in [0.05, 0.1) is 6.10 Å². The van der Waals surface area contributed by atoms with E-state index in [0.29, 0.717) is 13.3 Å². The van der Waals surface area contributed by atoms with Crippen molar-refractivity contribution in [1.29, 1.82) is 0 Å². The summed E-state index contributed by atoms with van der Waals surface area (Å²) in [6.07, 6.45) is -0.341. The van der Waals surface area contributed by atoms with E-state index < -0.39 is 0 Å². The van der Waals surface area contributed by atoms with Gasteiger partial charge in [0.1, 0.15) is 0 Å². The van der Waals surface area contributed by atoms with Crippen LogP contribution in [0.4, 0.5) is 0 Å². The number of hydrogen-bond donors (Lipinski definition) is 1. The Hall–Kier alpha value is -1.26. The van der Waals surface area contributed by atoms with Crippen LogP contribution in [0.1, 0.15) is 26.3 Å². The Balaban J connectivity index is 1.94. The van der Waals surface area contributed by atoms with Crippen LogP contribution in [0.15, 0.2) is 18.2 Å².